The number of thiophene rings is 1. The molecule has 1 aliphatic heterocycles. The van der Waals surface area contributed by atoms with Crippen molar-refractivity contribution in [2.45, 2.75) is 48.9 Å². The van der Waals surface area contributed by atoms with Crippen molar-refractivity contribution in [3.05, 3.63) is 98.2 Å². The lowest BCUT2D eigenvalue weighted by molar-refractivity contribution is -0.132. The molecule has 17 heteroatoms. The highest BCUT2D eigenvalue weighted by atomic mass is 35.5. The zero-order chi connectivity index (χ0) is 34.4. The van der Waals surface area contributed by atoms with Crippen LogP contribution in [0.2, 0.25) is 5.02 Å². The first-order valence-corrected chi connectivity index (χ1v) is 18.4. The number of imidazole rings is 1. The second-order valence-corrected chi connectivity index (χ2v) is 15.1. The summed E-state index contributed by atoms with van der Waals surface area (Å²) in [5.74, 6) is -1.01. The molecular weight excluding hydrogens is 690 g/mol. The van der Waals surface area contributed by atoms with E-state index in [0.717, 1.165) is 47.3 Å². The molecule has 0 spiro atoms. The third kappa shape index (κ3) is 9.27. The van der Waals surface area contributed by atoms with Crippen LogP contribution in [0.1, 0.15) is 52.1 Å². The second-order valence-electron chi connectivity index (χ2n) is 10.3. The number of hydrogen-bond acceptors (Lipinski definition) is 9. The van der Waals surface area contributed by atoms with Crippen molar-refractivity contribution in [1.82, 2.24) is 14.3 Å². The predicted octanol–water partition coefficient (Wildman–Crippen LogP) is 4.39. The van der Waals surface area contributed by atoms with Gasteiger partial charge in [0.2, 0.25) is 20.0 Å². The number of sulfonamides is 2. The maximum atomic E-state index is 11.8. The number of aliphatic carboxylic acids is 1. The molecule has 1 aliphatic rings. The number of rotatable bonds is 11. The Labute approximate surface area is 280 Å². The molecule has 3 heterocycles. The van der Waals surface area contributed by atoms with Crippen molar-refractivity contribution in [2.75, 3.05) is 12.0 Å². The van der Waals surface area contributed by atoms with Crippen LogP contribution >= 0.6 is 22.9 Å². The third-order valence-electron chi connectivity index (χ3n) is 6.98. The molecule has 6 N–H and O–H groups in total. The molecule has 0 saturated heterocycles. The Balaban J connectivity index is 0.000000248. The standard InChI is InChI=1S/C23H24N2O4S.C7H8ClN3O4S2/c1-2-3-6-21-24-14-19(12-18(23(28)29)13-20-5-4-11-30-20)25(21)15-16-7-9-17(10-8-16)22(26)27;8-4-1-5-7(2-6(4)16(9,12)13)17(14,15)11-3-10-5/h4-5,7-12,14H,2-3,6,13,15H2,1H3,(H,26,27)(H,28,29);1-2,10-11H,3H2,(H2,9,12,13)/b18-12+;. The zero-order valence-corrected chi connectivity index (χ0v) is 28.2. The predicted molar refractivity (Wildman–Crippen MR) is 179 cm³/mol. The van der Waals surface area contributed by atoms with Gasteiger partial charge in [0.05, 0.1) is 34.8 Å². The van der Waals surface area contributed by atoms with Crippen molar-refractivity contribution in [2.24, 2.45) is 5.14 Å². The Hall–Kier alpha value is -4.06. The number of aromatic nitrogens is 2. The van der Waals surface area contributed by atoms with Gasteiger partial charge in [0.1, 0.15) is 15.6 Å². The number of primary sulfonamides is 1. The zero-order valence-electron chi connectivity index (χ0n) is 25.0. The minimum Gasteiger partial charge on any atom is -0.478 e. The lowest BCUT2D eigenvalue weighted by Gasteiger charge is -2.20. The lowest BCUT2D eigenvalue weighted by Crippen LogP contribution is -2.34. The Morgan fingerprint density at radius 2 is 1.89 bits per heavy atom. The number of carbonyl (C=O) groups is 2. The van der Waals surface area contributed by atoms with E-state index < -0.39 is 36.9 Å². The van der Waals surface area contributed by atoms with Crippen LogP contribution in [0.15, 0.2) is 75.5 Å². The maximum Gasteiger partial charge on any atom is 0.335 e. The number of nitrogens with two attached hydrogens (primary N) is 1. The highest BCUT2D eigenvalue weighted by molar-refractivity contribution is 7.90. The van der Waals surface area contributed by atoms with Gasteiger partial charge in [0, 0.05) is 29.8 Å². The Bertz CT molecular complexity index is 2010. The highest BCUT2D eigenvalue weighted by Crippen LogP contribution is 2.32. The molecular formula is C30H32ClN5O8S3. The number of nitrogens with one attached hydrogen (secondary N) is 2. The molecule has 0 fully saturated rings. The van der Waals surface area contributed by atoms with Crippen LogP contribution in [0.4, 0.5) is 5.69 Å². The molecule has 2 aromatic heterocycles. The molecule has 0 bridgehead atoms. The molecule has 5 rings (SSSR count). The van der Waals surface area contributed by atoms with Gasteiger partial charge in [-0.2, -0.15) is 4.72 Å². The fourth-order valence-corrected chi connectivity index (χ4v) is 7.59. The van der Waals surface area contributed by atoms with Gasteiger partial charge in [-0.15, -0.1) is 11.3 Å². The van der Waals surface area contributed by atoms with Gasteiger partial charge in [0.25, 0.3) is 0 Å². The molecule has 0 amide bonds. The maximum absolute atomic E-state index is 11.8. The number of unbranched alkanes of at least 4 members (excludes halogenated alkanes) is 1. The molecule has 0 atom stereocenters. The number of carboxylic acid groups (broad SMARTS) is 2. The number of fused-ring (bicyclic) bond motifs is 1. The number of aromatic carboxylic acids is 1. The molecule has 0 aliphatic carbocycles. The Morgan fingerprint density at radius 1 is 1.17 bits per heavy atom. The van der Waals surface area contributed by atoms with Crippen molar-refractivity contribution < 1.29 is 36.6 Å². The number of benzene rings is 2. The molecule has 0 unspecified atom stereocenters. The summed E-state index contributed by atoms with van der Waals surface area (Å²) in [5, 5.41) is 28.3. The first-order chi connectivity index (χ1) is 22.2. The van der Waals surface area contributed by atoms with Gasteiger partial charge in [-0.25, -0.2) is 36.5 Å². The van der Waals surface area contributed by atoms with Crippen molar-refractivity contribution in [1.29, 1.82) is 0 Å². The van der Waals surface area contributed by atoms with Gasteiger partial charge in [0.15, 0.2) is 0 Å². The van der Waals surface area contributed by atoms with E-state index in [0.29, 0.717) is 18.5 Å². The Kier molecular flexibility index (Phi) is 11.6. The summed E-state index contributed by atoms with van der Waals surface area (Å²) in [7, 11) is -7.80. The molecule has 0 radical (unpaired) electrons. The van der Waals surface area contributed by atoms with Gasteiger partial charge >= 0.3 is 11.9 Å². The number of nitrogens with zero attached hydrogens (tertiary/aromatic N) is 2. The third-order valence-corrected chi connectivity index (χ3v) is 10.7. The van der Waals surface area contributed by atoms with E-state index in [1.165, 1.54) is 17.4 Å². The highest BCUT2D eigenvalue weighted by Gasteiger charge is 2.27. The van der Waals surface area contributed by atoms with Crippen LogP contribution < -0.4 is 15.2 Å². The molecule has 13 nitrogen and oxygen atoms in total. The van der Waals surface area contributed by atoms with E-state index in [2.05, 4.69) is 21.9 Å². The average Bonchev–Trinajstić information content (AvgIpc) is 3.65. The van der Waals surface area contributed by atoms with E-state index in [1.54, 1.807) is 36.5 Å². The van der Waals surface area contributed by atoms with Gasteiger partial charge in [-0.05, 0) is 53.8 Å². The molecule has 4 aromatic rings. The minimum atomic E-state index is -4.07. The van der Waals surface area contributed by atoms with Crippen molar-refractivity contribution in [3.8, 4) is 0 Å². The number of anilines is 1. The topological polar surface area (TPSA) is 211 Å². The van der Waals surface area contributed by atoms with Gasteiger partial charge in [-0.3, -0.25) is 0 Å². The van der Waals surface area contributed by atoms with Crippen molar-refractivity contribution in [3.63, 3.8) is 0 Å². The lowest BCUT2D eigenvalue weighted by atomic mass is 10.1. The minimum absolute atomic E-state index is 0.0143. The summed E-state index contributed by atoms with van der Waals surface area (Å²) in [4.78, 5) is 27.8. The Morgan fingerprint density at radius 3 is 2.49 bits per heavy atom. The van der Waals surface area contributed by atoms with Gasteiger partial charge in [-0.1, -0.05) is 43.1 Å². The van der Waals surface area contributed by atoms with Crippen LogP contribution in [0.3, 0.4) is 0 Å². The molecule has 2 aromatic carbocycles. The molecule has 47 heavy (non-hydrogen) atoms. The summed E-state index contributed by atoms with van der Waals surface area (Å²) in [6.45, 7) is 2.62. The number of aryl methyl sites for hydroxylation is 1. The van der Waals surface area contributed by atoms with Crippen LogP contribution in [0.25, 0.3) is 6.08 Å². The monoisotopic (exact) mass is 721 g/mol. The largest absolute Gasteiger partial charge is 0.478 e. The number of halogens is 1. The molecule has 0 saturated carbocycles. The summed E-state index contributed by atoms with van der Waals surface area (Å²) in [5.41, 5.74) is 2.45. The van der Waals surface area contributed by atoms with Crippen LogP contribution in [0.5, 0.6) is 0 Å². The van der Waals surface area contributed by atoms with E-state index in [4.69, 9.17) is 21.8 Å². The number of carboxylic acids is 2. The second kappa shape index (κ2) is 15.2. The van der Waals surface area contributed by atoms with Crippen LogP contribution in [-0.2, 0) is 44.2 Å². The van der Waals surface area contributed by atoms with Gasteiger partial charge < -0.3 is 20.1 Å². The normalized spacial score (nSPS) is 14.0. The van der Waals surface area contributed by atoms with E-state index in [1.807, 2.05) is 22.1 Å². The summed E-state index contributed by atoms with van der Waals surface area (Å²) >= 11 is 7.26. The van der Waals surface area contributed by atoms with E-state index in [-0.39, 0.29) is 27.8 Å². The van der Waals surface area contributed by atoms with E-state index in [9.17, 15) is 31.5 Å². The van der Waals surface area contributed by atoms with Crippen LogP contribution in [0, 0.1) is 0 Å². The van der Waals surface area contributed by atoms with E-state index >= 15 is 0 Å². The van der Waals surface area contributed by atoms with Crippen LogP contribution in [-0.4, -0.2) is 55.2 Å². The first kappa shape index (κ1) is 35.8. The fourth-order valence-electron chi connectivity index (χ4n) is 4.58. The first-order valence-electron chi connectivity index (χ1n) is 14.1. The fraction of sp³-hybridized carbons (Fsp3) is 0.233. The quantitative estimate of drug-likeness (QED) is 0.138. The SMILES string of the molecule is CCCCc1ncc(/C=C(\Cc2cccs2)C(=O)O)n1Cc1ccc(C(=O)O)cc1.NS(=O)(=O)c1cc2c(cc1Cl)NCNS2(=O)=O. The summed E-state index contributed by atoms with van der Waals surface area (Å²) in [6.07, 6.45) is 6.58. The number of hydrogen-bond donors (Lipinski definition) is 5. The van der Waals surface area contributed by atoms with Crippen molar-refractivity contribution >= 4 is 66.7 Å². The summed E-state index contributed by atoms with van der Waals surface area (Å²) in [6, 6.07) is 12.7. The smallest absolute Gasteiger partial charge is 0.335 e. The molecule has 250 valence electrons. The average molecular weight is 722 g/mol. The summed E-state index contributed by atoms with van der Waals surface area (Å²) < 4.78 is 49.9.